The number of benzene rings is 1. The average molecular weight is 357 g/mol. The third-order valence-electron chi connectivity index (χ3n) is 3.80. The van der Waals surface area contributed by atoms with Gasteiger partial charge in [-0.3, -0.25) is 9.57 Å². The molecule has 1 aromatic carbocycles. The Hall–Kier alpha value is -1.63. The maximum Gasteiger partial charge on any atom is 0.358 e. The van der Waals surface area contributed by atoms with Gasteiger partial charge in [0.2, 0.25) is 0 Å². The summed E-state index contributed by atoms with van der Waals surface area (Å²) in [5, 5.41) is 20.0. The number of rotatable bonds is 8. The van der Waals surface area contributed by atoms with E-state index in [0.717, 1.165) is 12.0 Å². The summed E-state index contributed by atoms with van der Waals surface area (Å²) < 4.78 is 28.5. The van der Waals surface area contributed by atoms with E-state index in [9.17, 15) is 9.67 Å². The van der Waals surface area contributed by atoms with Crippen LogP contribution in [0.25, 0.3) is 0 Å². The first-order valence-electron chi connectivity index (χ1n) is 7.85. The predicted octanol–water partition coefficient (Wildman–Crippen LogP) is 3.74. The lowest BCUT2D eigenvalue weighted by Gasteiger charge is -2.28. The van der Waals surface area contributed by atoms with Crippen LogP contribution in [0.1, 0.15) is 31.9 Å². The Morgan fingerprint density at radius 3 is 2.58 bits per heavy atom. The van der Waals surface area contributed by atoms with E-state index in [2.05, 4.69) is 10.3 Å². The van der Waals surface area contributed by atoms with Gasteiger partial charge in [-0.25, -0.2) is 0 Å². The zero-order chi connectivity index (χ0) is 17.7. The second-order valence-electron chi connectivity index (χ2n) is 5.29. The Kier molecular flexibility index (Phi) is 6.21. The fraction of sp³-hybridized carbons (Fsp3) is 0.600. The lowest BCUT2D eigenvalue weighted by molar-refractivity contribution is 0.211. The number of phenols is 1. The molecule has 134 valence electrons. The highest BCUT2D eigenvalue weighted by molar-refractivity contribution is 7.54. The maximum absolute atomic E-state index is 12.9. The quantitative estimate of drug-likeness (QED) is 0.713. The smallest absolute Gasteiger partial charge is 0.358 e. The van der Waals surface area contributed by atoms with Crippen LogP contribution in [0.15, 0.2) is 28.5 Å². The van der Waals surface area contributed by atoms with Crippen molar-refractivity contribution < 1.29 is 23.5 Å². The van der Waals surface area contributed by atoms with Gasteiger partial charge in [0.25, 0.3) is 0 Å². The first-order chi connectivity index (χ1) is 11.5. The van der Waals surface area contributed by atoms with Crippen molar-refractivity contribution >= 4 is 7.60 Å². The highest BCUT2D eigenvalue weighted by Gasteiger charge is 2.47. The van der Waals surface area contributed by atoms with Crippen molar-refractivity contribution in [2.24, 2.45) is 10.3 Å². The lowest BCUT2D eigenvalue weighted by Crippen LogP contribution is -2.28. The summed E-state index contributed by atoms with van der Waals surface area (Å²) in [5.74, 6) is -0.368. The number of hydrogen-bond acceptors (Lipinski definition) is 8. The molecule has 1 aliphatic heterocycles. The van der Waals surface area contributed by atoms with Gasteiger partial charge in [0.1, 0.15) is 6.04 Å². The van der Waals surface area contributed by atoms with E-state index >= 15 is 0 Å². The molecular weight excluding hydrogens is 333 g/mol. The monoisotopic (exact) mass is 357 g/mol. The standard InChI is InChI=1S/C15H24N3O5P/c1-5-9-18-14(15(16-17-18)24(20,21-3)22-4)11-7-8-12(19)13(10-11)23-6-2/h7-8,10,14-15,19H,5-6,9H2,1-4H3/t14-,15-/m0/s1. The third kappa shape index (κ3) is 3.55. The number of ether oxygens (including phenoxy) is 1. The van der Waals surface area contributed by atoms with Gasteiger partial charge in [-0.2, -0.15) is 5.11 Å². The molecule has 0 unspecified atom stereocenters. The highest BCUT2D eigenvalue weighted by atomic mass is 31.2. The Morgan fingerprint density at radius 2 is 2.00 bits per heavy atom. The van der Waals surface area contributed by atoms with Crippen molar-refractivity contribution in [3.63, 3.8) is 0 Å². The summed E-state index contributed by atoms with van der Waals surface area (Å²) in [6.07, 6.45) is 0.850. The Balaban J connectivity index is 2.44. The van der Waals surface area contributed by atoms with Gasteiger partial charge >= 0.3 is 7.60 Å². The van der Waals surface area contributed by atoms with Gasteiger partial charge in [-0.05, 0) is 31.0 Å². The predicted molar refractivity (Wildman–Crippen MR) is 89.3 cm³/mol. The van der Waals surface area contributed by atoms with Gasteiger partial charge in [0.05, 0.1) is 6.61 Å². The van der Waals surface area contributed by atoms with Crippen LogP contribution in [-0.2, 0) is 13.6 Å². The minimum atomic E-state index is -3.46. The molecule has 0 amide bonds. The first-order valence-corrected chi connectivity index (χ1v) is 9.46. The number of nitrogens with zero attached hydrogens (tertiary/aromatic N) is 3. The molecule has 0 aromatic heterocycles. The van der Waals surface area contributed by atoms with Gasteiger partial charge in [-0.15, -0.1) is 0 Å². The molecule has 1 N–H and O–H groups in total. The van der Waals surface area contributed by atoms with E-state index in [1.807, 2.05) is 13.8 Å². The maximum atomic E-state index is 12.9. The van der Waals surface area contributed by atoms with Crippen LogP contribution in [0.5, 0.6) is 11.5 Å². The number of hydrogen-bond donors (Lipinski definition) is 1. The average Bonchev–Trinajstić information content (AvgIpc) is 3.01. The molecule has 8 nitrogen and oxygen atoms in total. The van der Waals surface area contributed by atoms with Crippen molar-refractivity contribution in [1.29, 1.82) is 0 Å². The van der Waals surface area contributed by atoms with Crippen molar-refractivity contribution in [2.45, 2.75) is 32.1 Å². The second-order valence-corrected chi connectivity index (χ2v) is 7.63. The van der Waals surface area contributed by atoms with Crippen LogP contribution >= 0.6 is 7.60 Å². The Bertz CT molecular complexity index is 632. The van der Waals surface area contributed by atoms with Crippen molar-refractivity contribution in [3.05, 3.63) is 23.8 Å². The summed E-state index contributed by atoms with van der Waals surface area (Å²) in [6, 6.07) is 4.58. The summed E-state index contributed by atoms with van der Waals surface area (Å²) in [6.45, 7) is 4.92. The van der Waals surface area contributed by atoms with E-state index in [1.54, 1.807) is 23.2 Å². The molecule has 1 aliphatic rings. The third-order valence-corrected chi connectivity index (χ3v) is 5.85. The highest BCUT2D eigenvalue weighted by Crippen LogP contribution is 2.59. The summed E-state index contributed by atoms with van der Waals surface area (Å²) in [7, 11) is -0.789. The number of aromatic hydroxyl groups is 1. The molecular formula is C15H24N3O5P. The van der Waals surface area contributed by atoms with Gasteiger partial charge in [-0.1, -0.05) is 18.2 Å². The zero-order valence-electron chi connectivity index (χ0n) is 14.4. The summed E-state index contributed by atoms with van der Waals surface area (Å²) in [5.41, 5.74) is 0.772. The van der Waals surface area contributed by atoms with Crippen LogP contribution in [0, 0.1) is 0 Å². The van der Waals surface area contributed by atoms with Crippen LogP contribution in [0.2, 0.25) is 0 Å². The Labute approximate surface area is 141 Å². The van der Waals surface area contributed by atoms with E-state index in [-0.39, 0.29) is 5.75 Å². The molecule has 0 aliphatic carbocycles. The first kappa shape index (κ1) is 18.7. The summed E-state index contributed by atoms with van der Waals surface area (Å²) >= 11 is 0. The van der Waals surface area contributed by atoms with Crippen molar-refractivity contribution in [2.75, 3.05) is 27.4 Å². The summed E-state index contributed by atoms with van der Waals surface area (Å²) in [4.78, 5) is 0. The molecule has 0 spiro atoms. The molecule has 9 heteroatoms. The second kappa shape index (κ2) is 7.96. The molecule has 0 radical (unpaired) electrons. The topological polar surface area (TPSA) is 93.0 Å². The molecule has 0 fully saturated rings. The fourth-order valence-electron chi connectivity index (χ4n) is 2.66. The largest absolute Gasteiger partial charge is 0.504 e. The van der Waals surface area contributed by atoms with E-state index in [4.69, 9.17) is 13.8 Å². The molecule has 1 heterocycles. The molecule has 2 rings (SSSR count). The zero-order valence-corrected chi connectivity index (χ0v) is 15.3. The van der Waals surface area contributed by atoms with Crippen LogP contribution < -0.4 is 4.74 Å². The van der Waals surface area contributed by atoms with E-state index < -0.39 is 19.4 Å². The molecule has 24 heavy (non-hydrogen) atoms. The fourth-order valence-corrected chi connectivity index (χ4v) is 4.09. The van der Waals surface area contributed by atoms with Crippen LogP contribution in [0.4, 0.5) is 0 Å². The molecule has 0 bridgehead atoms. The van der Waals surface area contributed by atoms with Gasteiger partial charge in [0, 0.05) is 20.8 Å². The molecule has 0 saturated carbocycles. The lowest BCUT2D eigenvalue weighted by atomic mass is 10.1. The normalized spacial score (nSPS) is 20.6. The van der Waals surface area contributed by atoms with E-state index in [1.165, 1.54) is 14.2 Å². The van der Waals surface area contributed by atoms with Crippen molar-refractivity contribution in [1.82, 2.24) is 5.01 Å². The minimum Gasteiger partial charge on any atom is -0.504 e. The van der Waals surface area contributed by atoms with E-state index in [0.29, 0.717) is 18.9 Å². The van der Waals surface area contributed by atoms with Crippen LogP contribution in [0.3, 0.4) is 0 Å². The van der Waals surface area contributed by atoms with Gasteiger partial charge < -0.3 is 18.9 Å². The molecule has 0 saturated heterocycles. The van der Waals surface area contributed by atoms with Crippen molar-refractivity contribution in [3.8, 4) is 11.5 Å². The Morgan fingerprint density at radius 1 is 1.29 bits per heavy atom. The van der Waals surface area contributed by atoms with Crippen LogP contribution in [-0.4, -0.2) is 43.3 Å². The molecule has 1 aromatic rings. The van der Waals surface area contributed by atoms with Gasteiger partial charge in [0.15, 0.2) is 17.3 Å². The molecule has 2 atom stereocenters. The number of phenolic OH excluding ortho intramolecular Hbond substituents is 1. The minimum absolute atomic E-state index is 0.0488. The SMILES string of the molecule is CCCN1N=N[C@@H](P(=O)(OC)OC)[C@@H]1c1ccc(O)c(OCC)c1.